The van der Waals surface area contributed by atoms with Gasteiger partial charge in [0.1, 0.15) is 0 Å². The smallest absolute Gasteiger partial charge is 0.0297 e. The van der Waals surface area contributed by atoms with Crippen LogP contribution >= 0.6 is 0 Å². The summed E-state index contributed by atoms with van der Waals surface area (Å²) in [5.41, 5.74) is 0.644. The Bertz CT molecular complexity index is 390. The van der Waals surface area contributed by atoms with Gasteiger partial charge in [-0.3, -0.25) is 0 Å². The highest BCUT2D eigenvalue weighted by Gasteiger charge is 2.29. The Kier molecular flexibility index (Phi) is 29.0. The van der Waals surface area contributed by atoms with Gasteiger partial charge in [0.05, 0.1) is 0 Å². The van der Waals surface area contributed by atoms with Crippen LogP contribution in [0.25, 0.3) is 0 Å². The maximum absolute atomic E-state index is 2.54. The van der Waals surface area contributed by atoms with Crippen molar-refractivity contribution in [2.45, 2.75) is 227 Å². The van der Waals surface area contributed by atoms with E-state index in [9.17, 15) is 0 Å². The summed E-state index contributed by atoms with van der Waals surface area (Å²) in [7, 11) is 0. The lowest BCUT2D eigenvalue weighted by molar-refractivity contribution is 0.150. The number of hydrogen-bond acceptors (Lipinski definition) is 0. The van der Waals surface area contributed by atoms with Gasteiger partial charge in [-0.25, -0.2) is 0 Å². The Morgan fingerprint density at radius 3 is 1.03 bits per heavy atom. The van der Waals surface area contributed by atoms with Crippen LogP contribution in [0.15, 0.2) is 0 Å². The van der Waals surface area contributed by atoms with Crippen LogP contribution in [0.5, 0.6) is 0 Å². The third-order valence-electron chi connectivity index (χ3n) is 9.64. The number of unbranched alkanes of at least 4 members (excludes halogenated alkanes) is 21. The zero-order valence-corrected chi connectivity index (χ0v) is 27.3. The zero-order chi connectivity index (χ0) is 27.3. The van der Waals surface area contributed by atoms with Gasteiger partial charge in [0.25, 0.3) is 0 Å². The maximum atomic E-state index is 2.54. The van der Waals surface area contributed by atoms with Crippen LogP contribution in [-0.2, 0) is 0 Å². The highest BCUT2D eigenvalue weighted by Crippen LogP contribution is 2.43. The Balaban J connectivity index is 4.55. The number of rotatable bonds is 31. The molecule has 0 aromatic rings. The summed E-state index contributed by atoms with van der Waals surface area (Å²) in [6, 6.07) is 0. The molecule has 0 rings (SSSR count). The van der Waals surface area contributed by atoms with Gasteiger partial charge in [-0.2, -0.15) is 0 Å². The van der Waals surface area contributed by atoms with Crippen molar-refractivity contribution in [2.24, 2.45) is 11.3 Å². The second-order valence-corrected chi connectivity index (χ2v) is 13.0. The summed E-state index contributed by atoms with van der Waals surface area (Å²) in [5.74, 6) is 0.975. The van der Waals surface area contributed by atoms with Crippen molar-refractivity contribution in [3.8, 4) is 0 Å². The molecule has 0 N–H and O–H groups in total. The monoisotopic (exact) mass is 521 g/mol. The predicted octanol–water partition coefficient (Wildman–Crippen LogP) is 14.4. The summed E-state index contributed by atoms with van der Waals surface area (Å²) in [5, 5.41) is 0. The van der Waals surface area contributed by atoms with E-state index in [0.29, 0.717) is 5.41 Å². The first-order valence-corrected chi connectivity index (χ1v) is 18.2. The molecule has 0 radical (unpaired) electrons. The van der Waals surface area contributed by atoms with Gasteiger partial charge < -0.3 is 0 Å². The van der Waals surface area contributed by atoms with E-state index >= 15 is 0 Å². The van der Waals surface area contributed by atoms with Crippen LogP contribution in [0.4, 0.5) is 0 Å². The minimum atomic E-state index is 0.644. The standard InChI is InChI=1S/C37H76/c1-6-11-14-17-20-23-26-29-32-36(9-4)35-37(10-5,33-30-27-24-21-18-15-12-7-2)34-31-28-25-22-19-16-13-8-3/h36H,6-35H2,1-5H3. The predicted molar refractivity (Wildman–Crippen MR) is 173 cm³/mol. The van der Waals surface area contributed by atoms with Gasteiger partial charge in [0.15, 0.2) is 0 Å². The van der Waals surface area contributed by atoms with E-state index in [1.807, 2.05) is 0 Å². The Morgan fingerprint density at radius 1 is 0.378 bits per heavy atom. The van der Waals surface area contributed by atoms with Crippen LogP contribution in [0.3, 0.4) is 0 Å². The van der Waals surface area contributed by atoms with Crippen molar-refractivity contribution >= 4 is 0 Å². The molecule has 0 aliphatic rings. The first-order chi connectivity index (χ1) is 18.2. The molecule has 0 heterocycles. The molecule has 0 nitrogen and oxygen atoms in total. The molecule has 37 heavy (non-hydrogen) atoms. The van der Waals surface area contributed by atoms with E-state index in [2.05, 4.69) is 34.6 Å². The molecule has 0 aromatic heterocycles. The lowest BCUT2D eigenvalue weighted by Crippen LogP contribution is -2.24. The van der Waals surface area contributed by atoms with E-state index in [1.165, 1.54) is 193 Å². The van der Waals surface area contributed by atoms with Gasteiger partial charge in [0.2, 0.25) is 0 Å². The van der Waals surface area contributed by atoms with Gasteiger partial charge in [-0.15, -0.1) is 0 Å². The van der Waals surface area contributed by atoms with Crippen LogP contribution < -0.4 is 0 Å². The Labute approximate surface area is 238 Å². The average molecular weight is 521 g/mol. The molecule has 0 spiro atoms. The van der Waals surface area contributed by atoms with Crippen LogP contribution in [0.2, 0.25) is 0 Å². The zero-order valence-electron chi connectivity index (χ0n) is 27.3. The third-order valence-corrected chi connectivity index (χ3v) is 9.64. The highest BCUT2D eigenvalue weighted by atomic mass is 14.3. The van der Waals surface area contributed by atoms with Crippen molar-refractivity contribution < 1.29 is 0 Å². The molecule has 0 saturated heterocycles. The Hall–Kier alpha value is 0. The first kappa shape index (κ1) is 37.0. The second kappa shape index (κ2) is 29.0. The largest absolute Gasteiger partial charge is 0.0654 e. The first-order valence-electron chi connectivity index (χ1n) is 18.2. The molecule has 0 fully saturated rings. The molecule has 0 aliphatic carbocycles. The summed E-state index contributed by atoms with van der Waals surface area (Å²) < 4.78 is 0. The van der Waals surface area contributed by atoms with Crippen LogP contribution in [-0.4, -0.2) is 0 Å². The fourth-order valence-electron chi connectivity index (χ4n) is 6.72. The fourth-order valence-corrected chi connectivity index (χ4v) is 6.72. The molecule has 0 heteroatoms. The minimum Gasteiger partial charge on any atom is -0.0654 e. The molecule has 224 valence electrons. The molecule has 0 bridgehead atoms. The lowest BCUT2D eigenvalue weighted by atomic mass is 9.69. The van der Waals surface area contributed by atoms with Gasteiger partial charge in [-0.1, -0.05) is 208 Å². The SMILES string of the molecule is CCCCCCCCCCC(CC)CC(CC)(CCCCCCCCCC)CCCCCCCCCC. The Morgan fingerprint density at radius 2 is 0.703 bits per heavy atom. The summed E-state index contributed by atoms with van der Waals surface area (Å²) in [4.78, 5) is 0. The normalized spacial score (nSPS) is 12.9. The maximum Gasteiger partial charge on any atom is -0.0297 e. The molecule has 0 aliphatic heterocycles. The quantitative estimate of drug-likeness (QED) is 0.0797. The van der Waals surface area contributed by atoms with Crippen LogP contribution in [0.1, 0.15) is 227 Å². The average Bonchev–Trinajstić information content (AvgIpc) is 2.92. The van der Waals surface area contributed by atoms with E-state index in [4.69, 9.17) is 0 Å². The summed E-state index contributed by atoms with van der Waals surface area (Å²) >= 11 is 0. The van der Waals surface area contributed by atoms with E-state index in [-0.39, 0.29) is 0 Å². The third kappa shape index (κ3) is 23.6. The lowest BCUT2D eigenvalue weighted by Gasteiger charge is -2.37. The van der Waals surface area contributed by atoms with Crippen LogP contribution in [0, 0.1) is 11.3 Å². The van der Waals surface area contributed by atoms with Crippen molar-refractivity contribution in [3.05, 3.63) is 0 Å². The van der Waals surface area contributed by atoms with E-state index in [1.54, 1.807) is 0 Å². The number of hydrogen-bond donors (Lipinski definition) is 0. The molecule has 0 aromatic carbocycles. The summed E-state index contributed by atoms with van der Waals surface area (Å²) in [6.45, 7) is 12.0. The van der Waals surface area contributed by atoms with Gasteiger partial charge in [-0.05, 0) is 30.6 Å². The van der Waals surface area contributed by atoms with E-state index < -0.39 is 0 Å². The second-order valence-electron chi connectivity index (χ2n) is 13.0. The van der Waals surface area contributed by atoms with Gasteiger partial charge >= 0.3 is 0 Å². The molecule has 0 saturated carbocycles. The minimum absolute atomic E-state index is 0.644. The van der Waals surface area contributed by atoms with Gasteiger partial charge in [0, 0.05) is 0 Å². The van der Waals surface area contributed by atoms with Crippen molar-refractivity contribution in [2.75, 3.05) is 0 Å². The van der Waals surface area contributed by atoms with Crippen molar-refractivity contribution in [1.29, 1.82) is 0 Å². The topological polar surface area (TPSA) is 0 Å². The highest BCUT2D eigenvalue weighted by molar-refractivity contribution is 4.81. The molecule has 1 atom stereocenters. The summed E-state index contributed by atoms with van der Waals surface area (Å²) in [6.07, 6.45) is 44.0. The molecule has 0 amide bonds. The van der Waals surface area contributed by atoms with Crippen molar-refractivity contribution in [1.82, 2.24) is 0 Å². The van der Waals surface area contributed by atoms with Crippen molar-refractivity contribution in [3.63, 3.8) is 0 Å². The molecular weight excluding hydrogens is 444 g/mol. The van der Waals surface area contributed by atoms with E-state index in [0.717, 1.165) is 5.92 Å². The molecular formula is C37H76. The fraction of sp³-hybridized carbons (Fsp3) is 1.00. The molecule has 1 unspecified atom stereocenters.